The van der Waals surface area contributed by atoms with Gasteiger partial charge in [0.05, 0.1) is 6.54 Å². The van der Waals surface area contributed by atoms with Crippen LogP contribution in [0.5, 0.6) is 5.75 Å². The van der Waals surface area contributed by atoms with E-state index in [2.05, 4.69) is 21.2 Å². The molecule has 1 saturated heterocycles. The zero-order valence-electron chi connectivity index (χ0n) is 16.0. The second-order valence-corrected chi connectivity index (χ2v) is 7.73. The molecule has 0 spiro atoms. The van der Waals surface area contributed by atoms with Crippen LogP contribution in [0.3, 0.4) is 0 Å². The summed E-state index contributed by atoms with van der Waals surface area (Å²) in [5.74, 6) is 0.281. The molecule has 3 amide bonds. The van der Waals surface area contributed by atoms with Gasteiger partial charge >= 0.3 is 6.03 Å². The molecule has 150 valence electrons. The molecule has 0 aromatic heterocycles. The van der Waals surface area contributed by atoms with Crippen LogP contribution in [0.15, 0.2) is 89.0 Å². The number of carbonyl (C=O) groups is 2. The molecular formula is C24H19BrN2O3. The molecule has 6 heteroatoms. The van der Waals surface area contributed by atoms with Gasteiger partial charge in [-0.25, -0.2) is 4.79 Å². The van der Waals surface area contributed by atoms with E-state index in [1.165, 1.54) is 4.90 Å². The highest BCUT2D eigenvalue weighted by molar-refractivity contribution is 9.10. The lowest BCUT2D eigenvalue weighted by Crippen LogP contribution is -2.30. The van der Waals surface area contributed by atoms with Gasteiger partial charge in [-0.05, 0) is 35.4 Å². The van der Waals surface area contributed by atoms with E-state index in [0.29, 0.717) is 12.4 Å². The topological polar surface area (TPSA) is 58.6 Å². The van der Waals surface area contributed by atoms with Crippen molar-refractivity contribution in [1.82, 2.24) is 10.2 Å². The van der Waals surface area contributed by atoms with Crippen molar-refractivity contribution >= 4 is 33.9 Å². The van der Waals surface area contributed by atoms with E-state index in [0.717, 1.165) is 21.2 Å². The first-order chi connectivity index (χ1) is 14.6. The van der Waals surface area contributed by atoms with Gasteiger partial charge in [0.25, 0.3) is 5.91 Å². The number of urea groups is 1. The molecule has 1 aliphatic rings. The molecule has 3 aromatic rings. The molecule has 30 heavy (non-hydrogen) atoms. The van der Waals surface area contributed by atoms with E-state index in [9.17, 15) is 9.59 Å². The second kappa shape index (κ2) is 8.97. The van der Waals surface area contributed by atoms with Gasteiger partial charge in [0, 0.05) is 10.0 Å². The monoisotopic (exact) mass is 462 g/mol. The number of carbonyl (C=O) groups excluding carboxylic acids is 2. The van der Waals surface area contributed by atoms with E-state index >= 15 is 0 Å². The maximum absolute atomic E-state index is 12.8. The summed E-state index contributed by atoms with van der Waals surface area (Å²) < 4.78 is 6.88. The summed E-state index contributed by atoms with van der Waals surface area (Å²) in [6, 6.07) is 24.4. The van der Waals surface area contributed by atoms with Crippen LogP contribution in [0.2, 0.25) is 0 Å². The summed E-state index contributed by atoms with van der Waals surface area (Å²) in [6.45, 7) is 0.623. The fourth-order valence-electron chi connectivity index (χ4n) is 3.11. The number of halogens is 1. The number of imide groups is 1. The third-order valence-corrected chi connectivity index (χ3v) is 5.20. The van der Waals surface area contributed by atoms with Crippen LogP contribution in [0.1, 0.15) is 16.7 Å². The molecule has 0 unspecified atom stereocenters. The minimum absolute atomic E-state index is 0.210. The third-order valence-electron chi connectivity index (χ3n) is 4.67. The van der Waals surface area contributed by atoms with Crippen molar-refractivity contribution in [2.75, 3.05) is 0 Å². The Morgan fingerprint density at radius 1 is 0.867 bits per heavy atom. The predicted molar refractivity (Wildman–Crippen MR) is 118 cm³/mol. The number of hydrogen-bond donors (Lipinski definition) is 1. The van der Waals surface area contributed by atoms with Gasteiger partial charge in [0.15, 0.2) is 0 Å². The summed E-state index contributed by atoms with van der Waals surface area (Å²) in [5, 5.41) is 2.67. The molecule has 1 fully saturated rings. The number of rotatable bonds is 6. The Hall–Kier alpha value is -3.38. The van der Waals surface area contributed by atoms with Gasteiger partial charge in [0.1, 0.15) is 18.1 Å². The maximum Gasteiger partial charge on any atom is 0.329 e. The van der Waals surface area contributed by atoms with Gasteiger partial charge in [-0.1, -0.05) is 76.6 Å². The molecule has 1 N–H and O–H groups in total. The molecule has 3 aromatic carbocycles. The first kappa shape index (κ1) is 19.9. The molecule has 1 aliphatic heterocycles. The fourth-order valence-corrected chi connectivity index (χ4v) is 3.37. The molecule has 0 atom stereocenters. The molecule has 4 rings (SSSR count). The van der Waals surface area contributed by atoms with Crippen molar-refractivity contribution in [1.29, 1.82) is 0 Å². The zero-order chi connectivity index (χ0) is 20.9. The van der Waals surface area contributed by atoms with Crippen molar-refractivity contribution in [3.8, 4) is 5.75 Å². The van der Waals surface area contributed by atoms with Crippen molar-refractivity contribution in [3.05, 3.63) is 106 Å². The van der Waals surface area contributed by atoms with E-state index in [4.69, 9.17) is 4.74 Å². The second-order valence-electron chi connectivity index (χ2n) is 6.82. The van der Waals surface area contributed by atoms with Crippen LogP contribution in [-0.2, 0) is 17.9 Å². The summed E-state index contributed by atoms with van der Waals surface area (Å²) in [7, 11) is 0. The Balaban J connectivity index is 1.51. The lowest BCUT2D eigenvalue weighted by atomic mass is 10.1. The number of benzene rings is 3. The van der Waals surface area contributed by atoms with Crippen LogP contribution in [0.4, 0.5) is 4.79 Å². The van der Waals surface area contributed by atoms with Crippen LogP contribution in [-0.4, -0.2) is 16.8 Å². The average molecular weight is 463 g/mol. The molecular weight excluding hydrogens is 444 g/mol. The summed E-state index contributed by atoms with van der Waals surface area (Å²) in [6.07, 6.45) is 1.65. The lowest BCUT2D eigenvalue weighted by molar-refractivity contribution is -0.123. The number of hydrogen-bond acceptors (Lipinski definition) is 3. The van der Waals surface area contributed by atoms with E-state index in [1.54, 1.807) is 6.08 Å². The molecule has 1 heterocycles. The number of ether oxygens (including phenoxy) is 1. The van der Waals surface area contributed by atoms with Crippen LogP contribution >= 0.6 is 15.9 Å². The Labute approximate surface area is 183 Å². The summed E-state index contributed by atoms with van der Waals surface area (Å²) >= 11 is 3.38. The van der Waals surface area contributed by atoms with Gasteiger partial charge in [-0.15, -0.1) is 0 Å². The zero-order valence-corrected chi connectivity index (χ0v) is 17.6. The van der Waals surface area contributed by atoms with Gasteiger partial charge < -0.3 is 10.1 Å². The quantitative estimate of drug-likeness (QED) is 0.408. The highest BCUT2D eigenvalue weighted by atomic mass is 79.9. The van der Waals surface area contributed by atoms with Crippen molar-refractivity contribution in [3.63, 3.8) is 0 Å². The first-order valence-electron chi connectivity index (χ1n) is 9.45. The van der Waals surface area contributed by atoms with Crippen molar-refractivity contribution in [2.24, 2.45) is 0 Å². The molecule has 0 bridgehead atoms. The number of nitrogens with zero attached hydrogens (tertiary/aromatic N) is 1. The fraction of sp³-hybridized carbons (Fsp3) is 0.0833. The Kier molecular flexibility index (Phi) is 5.95. The van der Waals surface area contributed by atoms with E-state index < -0.39 is 6.03 Å². The standard InChI is InChI=1S/C24H19BrN2O3/c25-20-12-10-17(11-13-20)15-27-23(28)21(26-24(27)29)14-19-8-4-5-9-22(19)30-16-18-6-2-1-3-7-18/h1-14H,15-16H2,(H,26,29)/b21-14+. The lowest BCUT2D eigenvalue weighted by Gasteiger charge is -2.12. The van der Waals surface area contributed by atoms with Gasteiger partial charge in [0.2, 0.25) is 0 Å². The van der Waals surface area contributed by atoms with E-state index in [-0.39, 0.29) is 18.1 Å². The molecule has 0 aliphatic carbocycles. The minimum Gasteiger partial charge on any atom is -0.488 e. The highest BCUT2D eigenvalue weighted by Crippen LogP contribution is 2.24. The predicted octanol–water partition coefficient (Wildman–Crippen LogP) is 5.12. The normalized spacial score (nSPS) is 14.8. The maximum atomic E-state index is 12.8. The largest absolute Gasteiger partial charge is 0.488 e. The Morgan fingerprint density at radius 3 is 2.33 bits per heavy atom. The number of para-hydroxylation sites is 1. The van der Waals surface area contributed by atoms with Crippen molar-refractivity contribution < 1.29 is 14.3 Å². The van der Waals surface area contributed by atoms with Crippen LogP contribution < -0.4 is 10.1 Å². The SMILES string of the molecule is O=C1N/C(=C/c2ccccc2OCc2ccccc2)C(=O)N1Cc1ccc(Br)cc1. The number of nitrogens with one attached hydrogen (secondary N) is 1. The minimum atomic E-state index is -0.433. The van der Waals surface area contributed by atoms with Crippen LogP contribution in [0, 0.1) is 0 Å². The first-order valence-corrected chi connectivity index (χ1v) is 10.2. The van der Waals surface area contributed by atoms with Crippen molar-refractivity contribution in [2.45, 2.75) is 13.2 Å². The summed E-state index contributed by atoms with van der Waals surface area (Å²) in [5.41, 5.74) is 2.87. The Morgan fingerprint density at radius 2 is 1.57 bits per heavy atom. The van der Waals surface area contributed by atoms with Crippen LogP contribution in [0.25, 0.3) is 6.08 Å². The Bertz CT molecular complexity index is 1090. The number of amides is 3. The van der Waals surface area contributed by atoms with Gasteiger partial charge in [-0.3, -0.25) is 9.69 Å². The molecule has 5 nitrogen and oxygen atoms in total. The summed E-state index contributed by atoms with van der Waals surface area (Å²) in [4.78, 5) is 26.4. The molecule has 0 radical (unpaired) electrons. The van der Waals surface area contributed by atoms with Gasteiger partial charge in [-0.2, -0.15) is 0 Å². The molecule has 0 saturated carbocycles. The average Bonchev–Trinajstić information content (AvgIpc) is 3.03. The smallest absolute Gasteiger partial charge is 0.329 e. The highest BCUT2D eigenvalue weighted by Gasteiger charge is 2.33. The third kappa shape index (κ3) is 4.60. The van der Waals surface area contributed by atoms with E-state index in [1.807, 2.05) is 78.9 Å².